The largest absolute Gasteiger partial charge is 0.278 e. The van der Waals surface area contributed by atoms with E-state index in [-0.39, 0.29) is 5.69 Å². The van der Waals surface area contributed by atoms with E-state index in [9.17, 15) is 10.1 Å². The van der Waals surface area contributed by atoms with E-state index in [2.05, 4.69) is 10.5 Å². The highest BCUT2D eigenvalue weighted by Crippen LogP contribution is 2.15. The van der Waals surface area contributed by atoms with Crippen molar-refractivity contribution in [1.82, 2.24) is 0 Å². The van der Waals surface area contributed by atoms with Crippen molar-refractivity contribution < 1.29 is 4.92 Å². The first-order chi connectivity index (χ1) is 8.25. The summed E-state index contributed by atoms with van der Waals surface area (Å²) >= 11 is 1.59. The maximum absolute atomic E-state index is 10.4. The molecule has 17 heavy (non-hydrogen) atoms. The molecule has 5 nitrogen and oxygen atoms in total. The van der Waals surface area contributed by atoms with Gasteiger partial charge in [-0.2, -0.15) is 5.10 Å². The summed E-state index contributed by atoms with van der Waals surface area (Å²) < 4.78 is 0. The van der Waals surface area contributed by atoms with Gasteiger partial charge in [0.2, 0.25) is 0 Å². The Bertz CT molecular complexity index is 520. The molecule has 0 aliphatic rings. The lowest BCUT2D eigenvalue weighted by atomic mass is 10.3. The third kappa shape index (κ3) is 3.12. The predicted molar refractivity (Wildman–Crippen MR) is 68.6 cm³/mol. The minimum absolute atomic E-state index is 0.0674. The van der Waals surface area contributed by atoms with Gasteiger partial charge in [0, 0.05) is 17.0 Å². The van der Waals surface area contributed by atoms with Crippen LogP contribution in [0.4, 0.5) is 11.4 Å². The summed E-state index contributed by atoms with van der Waals surface area (Å²) in [6.45, 7) is 0. The fourth-order valence-corrected chi connectivity index (χ4v) is 1.78. The number of hydrogen-bond acceptors (Lipinski definition) is 5. The van der Waals surface area contributed by atoms with Crippen molar-refractivity contribution in [1.29, 1.82) is 0 Å². The highest BCUT2D eigenvalue weighted by molar-refractivity contribution is 7.11. The van der Waals surface area contributed by atoms with Crippen molar-refractivity contribution in [3.63, 3.8) is 0 Å². The lowest BCUT2D eigenvalue weighted by Crippen LogP contribution is -1.91. The Hall–Kier alpha value is -2.21. The molecule has 0 saturated carbocycles. The van der Waals surface area contributed by atoms with Crippen LogP contribution in [-0.2, 0) is 0 Å². The number of benzene rings is 1. The van der Waals surface area contributed by atoms with Crippen LogP contribution in [0, 0.1) is 10.1 Å². The molecule has 1 aromatic carbocycles. The second-order valence-electron chi connectivity index (χ2n) is 3.19. The average molecular weight is 247 g/mol. The van der Waals surface area contributed by atoms with E-state index in [0.29, 0.717) is 5.69 Å². The third-order valence-corrected chi connectivity index (χ3v) is 2.81. The van der Waals surface area contributed by atoms with E-state index < -0.39 is 4.92 Å². The van der Waals surface area contributed by atoms with E-state index in [4.69, 9.17) is 0 Å². The first-order valence-corrected chi connectivity index (χ1v) is 5.71. The summed E-state index contributed by atoms with van der Waals surface area (Å²) in [7, 11) is 0. The van der Waals surface area contributed by atoms with Gasteiger partial charge in [-0.3, -0.25) is 15.5 Å². The molecule has 0 radical (unpaired) electrons. The second-order valence-corrected chi connectivity index (χ2v) is 4.17. The van der Waals surface area contributed by atoms with E-state index >= 15 is 0 Å². The van der Waals surface area contributed by atoms with Crippen molar-refractivity contribution in [2.45, 2.75) is 0 Å². The Morgan fingerprint density at radius 3 is 2.65 bits per heavy atom. The van der Waals surface area contributed by atoms with Gasteiger partial charge >= 0.3 is 0 Å². The number of nitrogens with one attached hydrogen (secondary N) is 1. The Kier molecular flexibility index (Phi) is 3.46. The molecule has 6 heteroatoms. The van der Waals surface area contributed by atoms with Crippen molar-refractivity contribution in [3.8, 4) is 0 Å². The van der Waals surface area contributed by atoms with Crippen LogP contribution in [-0.4, -0.2) is 11.1 Å². The maximum atomic E-state index is 10.4. The molecule has 0 unspecified atom stereocenters. The number of hydrazone groups is 1. The summed E-state index contributed by atoms with van der Waals surface area (Å²) in [6.07, 6.45) is 1.70. The van der Waals surface area contributed by atoms with Gasteiger partial charge in [0.15, 0.2) is 0 Å². The summed E-state index contributed by atoms with van der Waals surface area (Å²) in [4.78, 5) is 11.0. The molecule has 0 atom stereocenters. The Labute approximate surface area is 102 Å². The van der Waals surface area contributed by atoms with E-state index in [1.807, 2.05) is 17.5 Å². The maximum Gasteiger partial charge on any atom is 0.269 e. The monoisotopic (exact) mass is 247 g/mol. The zero-order chi connectivity index (χ0) is 12.1. The topological polar surface area (TPSA) is 67.5 Å². The van der Waals surface area contributed by atoms with Crippen LogP contribution in [0.25, 0.3) is 0 Å². The minimum atomic E-state index is -0.432. The van der Waals surface area contributed by atoms with Crippen molar-refractivity contribution in [2.24, 2.45) is 5.10 Å². The van der Waals surface area contributed by atoms with Crippen molar-refractivity contribution >= 4 is 28.9 Å². The summed E-state index contributed by atoms with van der Waals surface area (Å²) in [6, 6.07) is 9.99. The number of nitro benzene ring substituents is 1. The van der Waals surface area contributed by atoms with Gasteiger partial charge < -0.3 is 0 Å². The molecule has 2 aromatic rings. The van der Waals surface area contributed by atoms with Crippen LogP contribution in [0.3, 0.4) is 0 Å². The minimum Gasteiger partial charge on any atom is -0.278 e. The first kappa shape index (κ1) is 11.3. The van der Waals surface area contributed by atoms with E-state index in [1.54, 1.807) is 29.7 Å². The number of thiophene rings is 1. The fraction of sp³-hybridized carbons (Fsp3) is 0. The van der Waals surface area contributed by atoms with Gasteiger partial charge in [0.25, 0.3) is 5.69 Å². The van der Waals surface area contributed by atoms with Gasteiger partial charge in [-0.05, 0) is 23.6 Å². The fourth-order valence-electron chi connectivity index (χ4n) is 1.19. The molecule has 86 valence electrons. The molecule has 0 fully saturated rings. The van der Waals surface area contributed by atoms with E-state index in [1.165, 1.54) is 12.1 Å². The molecule has 0 amide bonds. The predicted octanol–water partition coefficient (Wildman–Crippen LogP) is 3.10. The summed E-state index contributed by atoms with van der Waals surface area (Å²) in [5, 5.41) is 16.4. The molecule has 1 heterocycles. The first-order valence-electron chi connectivity index (χ1n) is 4.83. The average Bonchev–Trinajstić information content (AvgIpc) is 2.83. The number of hydrogen-bond donors (Lipinski definition) is 1. The molecule has 2 rings (SSSR count). The summed E-state index contributed by atoms with van der Waals surface area (Å²) in [5.74, 6) is 0. The van der Waals surface area contributed by atoms with Crippen LogP contribution in [0.1, 0.15) is 4.88 Å². The molecule has 1 N–H and O–H groups in total. The molecule has 1 aromatic heterocycles. The Morgan fingerprint density at radius 2 is 2.06 bits per heavy atom. The van der Waals surface area contributed by atoms with Gasteiger partial charge in [-0.15, -0.1) is 11.3 Å². The highest BCUT2D eigenvalue weighted by Gasteiger charge is 2.02. The summed E-state index contributed by atoms with van der Waals surface area (Å²) in [5.41, 5.74) is 3.58. The molecule has 0 saturated heterocycles. The lowest BCUT2D eigenvalue weighted by molar-refractivity contribution is -0.384. The van der Waals surface area contributed by atoms with Crippen LogP contribution in [0.2, 0.25) is 0 Å². The number of anilines is 1. The smallest absolute Gasteiger partial charge is 0.269 e. The SMILES string of the molecule is O=[N+]([O-])c1ccc(NN=Cc2cccs2)cc1. The zero-order valence-electron chi connectivity index (χ0n) is 8.74. The van der Waals surface area contributed by atoms with Gasteiger partial charge in [0.1, 0.15) is 0 Å². The molecular weight excluding hydrogens is 238 g/mol. The standard InChI is InChI=1S/C11H9N3O2S/c15-14(16)10-5-3-9(4-6-10)13-12-8-11-2-1-7-17-11/h1-8,13H. The normalized spacial score (nSPS) is 10.6. The number of nitrogens with zero attached hydrogens (tertiary/aromatic N) is 2. The van der Waals surface area contributed by atoms with Gasteiger partial charge in [0.05, 0.1) is 16.8 Å². The van der Waals surface area contributed by atoms with Crippen molar-refractivity contribution in [2.75, 3.05) is 5.43 Å². The van der Waals surface area contributed by atoms with E-state index in [0.717, 1.165) is 4.88 Å². The molecule has 0 aliphatic carbocycles. The molecule has 0 aliphatic heterocycles. The Morgan fingerprint density at radius 1 is 1.29 bits per heavy atom. The Balaban J connectivity index is 1.97. The third-order valence-electron chi connectivity index (χ3n) is 2.01. The lowest BCUT2D eigenvalue weighted by Gasteiger charge is -1.98. The van der Waals surface area contributed by atoms with Crippen molar-refractivity contribution in [3.05, 3.63) is 56.8 Å². The number of rotatable bonds is 4. The van der Waals surface area contributed by atoms with Crippen LogP contribution < -0.4 is 5.43 Å². The molecule has 0 spiro atoms. The van der Waals surface area contributed by atoms with Gasteiger partial charge in [-0.25, -0.2) is 0 Å². The van der Waals surface area contributed by atoms with Gasteiger partial charge in [-0.1, -0.05) is 6.07 Å². The van der Waals surface area contributed by atoms with Crippen LogP contribution >= 0.6 is 11.3 Å². The molecule has 0 bridgehead atoms. The number of nitro groups is 1. The number of non-ortho nitro benzene ring substituents is 1. The quantitative estimate of drug-likeness (QED) is 0.512. The van der Waals surface area contributed by atoms with Crippen LogP contribution in [0.15, 0.2) is 46.9 Å². The van der Waals surface area contributed by atoms with Crippen LogP contribution in [0.5, 0.6) is 0 Å². The molecular formula is C11H9N3O2S. The second kappa shape index (κ2) is 5.22. The zero-order valence-corrected chi connectivity index (χ0v) is 9.55. The highest BCUT2D eigenvalue weighted by atomic mass is 32.1.